The van der Waals surface area contributed by atoms with Crippen LogP contribution in [0.25, 0.3) is 0 Å². The zero-order valence-electron chi connectivity index (χ0n) is 10.3. The van der Waals surface area contributed by atoms with Crippen LogP contribution >= 0.6 is 0 Å². The largest absolute Gasteiger partial charge is 0.396 e. The van der Waals surface area contributed by atoms with Gasteiger partial charge in [0.1, 0.15) is 0 Å². The lowest BCUT2D eigenvalue weighted by atomic mass is 10.1. The van der Waals surface area contributed by atoms with Crippen LogP contribution in [-0.4, -0.2) is 30.1 Å². The van der Waals surface area contributed by atoms with E-state index in [4.69, 9.17) is 5.11 Å². The first kappa shape index (κ1) is 14.2. The van der Waals surface area contributed by atoms with Gasteiger partial charge in [0.05, 0.1) is 0 Å². The van der Waals surface area contributed by atoms with Gasteiger partial charge in [0, 0.05) is 23.9 Å². The van der Waals surface area contributed by atoms with Crippen LogP contribution in [0.3, 0.4) is 0 Å². The van der Waals surface area contributed by atoms with Crippen LogP contribution in [0.4, 0.5) is 5.69 Å². The van der Waals surface area contributed by atoms with Crippen molar-refractivity contribution in [2.24, 2.45) is 0 Å². The molecule has 0 heterocycles. The Hall–Kier alpha value is -1.88. The maximum absolute atomic E-state index is 11.9. The fraction of sp³-hybridized carbons (Fsp3) is 0.385. The molecule has 0 saturated heterocycles. The number of hydrogen-bond donors (Lipinski definition) is 3. The lowest BCUT2D eigenvalue weighted by molar-refractivity contribution is -0.105. The molecular formula is C13H18N2O3. The number of benzene rings is 1. The molecule has 0 aromatic heterocycles. The van der Waals surface area contributed by atoms with E-state index in [2.05, 4.69) is 10.6 Å². The van der Waals surface area contributed by atoms with Crippen LogP contribution in [0.15, 0.2) is 24.3 Å². The Kier molecular flexibility index (Phi) is 5.87. The minimum Gasteiger partial charge on any atom is -0.396 e. The van der Waals surface area contributed by atoms with Gasteiger partial charge < -0.3 is 15.7 Å². The molecule has 5 nitrogen and oxygen atoms in total. The summed E-state index contributed by atoms with van der Waals surface area (Å²) in [6.07, 6.45) is 1.91. The molecule has 1 unspecified atom stereocenters. The Morgan fingerprint density at radius 3 is 2.56 bits per heavy atom. The highest BCUT2D eigenvalue weighted by Crippen LogP contribution is 2.09. The molecule has 0 spiro atoms. The molecule has 18 heavy (non-hydrogen) atoms. The molecule has 3 N–H and O–H groups in total. The van der Waals surface area contributed by atoms with Crippen molar-refractivity contribution in [3.05, 3.63) is 29.8 Å². The van der Waals surface area contributed by atoms with Crippen LogP contribution < -0.4 is 10.6 Å². The average molecular weight is 250 g/mol. The van der Waals surface area contributed by atoms with Crippen molar-refractivity contribution in [1.82, 2.24) is 5.32 Å². The maximum Gasteiger partial charge on any atom is 0.251 e. The highest BCUT2D eigenvalue weighted by Gasteiger charge is 2.11. The summed E-state index contributed by atoms with van der Waals surface area (Å²) in [5, 5.41) is 14.2. The molecular weight excluding hydrogens is 232 g/mol. The fourth-order valence-corrected chi connectivity index (χ4v) is 1.59. The highest BCUT2D eigenvalue weighted by molar-refractivity contribution is 5.94. The van der Waals surface area contributed by atoms with E-state index >= 15 is 0 Å². The first-order valence-corrected chi connectivity index (χ1v) is 5.93. The van der Waals surface area contributed by atoms with Gasteiger partial charge in [-0.1, -0.05) is 6.92 Å². The minimum atomic E-state index is -0.173. The first-order valence-electron chi connectivity index (χ1n) is 5.93. The molecule has 1 atom stereocenters. The average Bonchev–Trinajstić information content (AvgIpc) is 2.39. The minimum absolute atomic E-state index is 0.0183. The van der Waals surface area contributed by atoms with Gasteiger partial charge in [-0.25, -0.2) is 0 Å². The van der Waals surface area contributed by atoms with Crippen molar-refractivity contribution in [1.29, 1.82) is 0 Å². The topological polar surface area (TPSA) is 78.4 Å². The van der Waals surface area contributed by atoms with E-state index in [1.807, 2.05) is 6.92 Å². The molecule has 1 aromatic rings. The molecule has 1 rings (SSSR count). The van der Waals surface area contributed by atoms with E-state index in [0.717, 1.165) is 6.42 Å². The van der Waals surface area contributed by atoms with Crippen molar-refractivity contribution in [2.45, 2.75) is 25.8 Å². The number of hydrogen-bond acceptors (Lipinski definition) is 3. The van der Waals surface area contributed by atoms with Crippen LogP contribution in [-0.2, 0) is 4.79 Å². The summed E-state index contributed by atoms with van der Waals surface area (Å²) in [6.45, 7) is 2.01. The van der Waals surface area contributed by atoms with Crippen LogP contribution in [0.1, 0.15) is 30.1 Å². The Balaban J connectivity index is 2.63. The van der Waals surface area contributed by atoms with Gasteiger partial charge in [-0.3, -0.25) is 9.59 Å². The van der Waals surface area contributed by atoms with E-state index in [9.17, 15) is 9.59 Å². The second-order valence-electron chi connectivity index (χ2n) is 3.93. The zero-order valence-corrected chi connectivity index (χ0v) is 10.3. The van der Waals surface area contributed by atoms with Crippen molar-refractivity contribution >= 4 is 18.0 Å². The first-order chi connectivity index (χ1) is 8.71. The number of nitrogens with one attached hydrogen (secondary N) is 2. The molecule has 2 amide bonds. The summed E-state index contributed by atoms with van der Waals surface area (Å²) in [5.41, 5.74) is 1.17. The number of carbonyl (C=O) groups excluding carboxylic acids is 2. The third-order valence-electron chi connectivity index (χ3n) is 2.68. The third kappa shape index (κ3) is 4.18. The standard InChI is InChI=1S/C13H18N2O3/c1-2-11(7-8-16)15-13(18)10-3-5-12(6-4-10)14-9-17/h3-6,9,11,16H,2,7-8H2,1H3,(H,14,17)(H,15,18). The van der Waals surface area contributed by atoms with E-state index in [1.54, 1.807) is 24.3 Å². The molecule has 1 aromatic carbocycles. The van der Waals surface area contributed by atoms with Crippen molar-refractivity contribution in [3.8, 4) is 0 Å². The van der Waals surface area contributed by atoms with Crippen molar-refractivity contribution in [2.75, 3.05) is 11.9 Å². The number of aliphatic hydroxyl groups excluding tert-OH is 1. The number of aliphatic hydroxyl groups is 1. The van der Waals surface area contributed by atoms with E-state index in [1.165, 1.54) is 0 Å². The van der Waals surface area contributed by atoms with Gasteiger partial charge in [-0.05, 0) is 37.1 Å². The van der Waals surface area contributed by atoms with Crippen LogP contribution in [0.5, 0.6) is 0 Å². The molecule has 0 saturated carbocycles. The molecule has 98 valence electrons. The molecule has 0 fully saturated rings. The Morgan fingerprint density at radius 1 is 1.39 bits per heavy atom. The van der Waals surface area contributed by atoms with Gasteiger partial charge in [0.25, 0.3) is 5.91 Å². The van der Waals surface area contributed by atoms with Crippen molar-refractivity contribution in [3.63, 3.8) is 0 Å². The smallest absolute Gasteiger partial charge is 0.251 e. The maximum atomic E-state index is 11.9. The van der Waals surface area contributed by atoms with Crippen LogP contribution in [0.2, 0.25) is 0 Å². The summed E-state index contributed by atoms with van der Waals surface area (Å²) >= 11 is 0. The third-order valence-corrected chi connectivity index (χ3v) is 2.68. The monoisotopic (exact) mass is 250 g/mol. The number of carbonyl (C=O) groups is 2. The van der Waals surface area contributed by atoms with Crippen molar-refractivity contribution < 1.29 is 14.7 Å². The summed E-state index contributed by atoms with van der Waals surface area (Å²) in [4.78, 5) is 22.1. The second-order valence-corrected chi connectivity index (χ2v) is 3.93. The van der Waals surface area contributed by atoms with Gasteiger partial charge in [-0.15, -0.1) is 0 Å². The SMILES string of the molecule is CCC(CCO)NC(=O)c1ccc(NC=O)cc1. The molecule has 0 aliphatic carbocycles. The van der Waals surface area contributed by atoms with Gasteiger partial charge in [-0.2, -0.15) is 0 Å². The van der Waals surface area contributed by atoms with E-state index < -0.39 is 0 Å². The van der Waals surface area contributed by atoms with Gasteiger partial charge >= 0.3 is 0 Å². The predicted octanol–water partition coefficient (Wildman–Crippen LogP) is 1.15. The highest BCUT2D eigenvalue weighted by atomic mass is 16.3. The second kappa shape index (κ2) is 7.45. The Morgan fingerprint density at radius 2 is 2.06 bits per heavy atom. The quantitative estimate of drug-likeness (QED) is 0.635. The number of rotatable bonds is 7. The Bertz CT molecular complexity index is 390. The number of amides is 2. The normalized spacial score (nSPS) is 11.7. The predicted molar refractivity (Wildman–Crippen MR) is 69.4 cm³/mol. The molecule has 0 aliphatic heterocycles. The summed E-state index contributed by atoms with van der Waals surface area (Å²) in [6, 6.07) is 6.60. The van der Waals surface area contributed by atoms with Gasteiger partial charge in [0.15, 0.2) is 0 Å². The van der Waals surface area contributed by atoms with Gasteiger partial charge in [0.2, 0.25) is 6.41 Å². The lowest BCUT2D eigenvalue weighted by Crippen LogP contribution is -2.35. The molecule has 0 bridgehead atoms. The Labute approximate surface area is 106 Å². The zero-order chi connectivity index (χ0) is 13.4. The molecule has 5 heteroatoms. The fourth-order valence-electron chi connectivity index (χ4n) is 1.59. The van der Waals surface area contributed by atoms with E-state index in [-0.39, 0.29) is 18.6 Å². The molecule has 0 aliphatic rings. The van der Waals surface area contributed by atoms with E-state index in [0.29, 0.717) is 24.1 Å². The van der Waals surface area contributed by atoms with Crippen LogP contribution in [0, 0.1) is 0 Å². The summed E-state index contributed by atoms with van der Waals surface area (Å²) < 4.78 is 0. The lowest BCUT2D eigenvalue weighted by Gasteiger charge is -2.15. The summed E-state index contributed by atoms with van der Waals surface area (Å²) in [7, 11) is 0. The number of anilines is 1. The molecule has 0 radical (unpaired) electrons. The summed E-state index contributed by atoms with van der Waals surface area (Å²) in [5.74, 6) is -0.173.